The molecule has 3 aliphatic rings. The van der Waals surface area contributed by atoms with Crippen molar-refractivity contribution in [3.63, 3.8) is 0 Å². The maximum Gasteiger partial charge on any atom is 0.333 e. The summed E-state index contributed by atoms with van der Waals surface area (Å²) in [7, 11) is 0. The van der Waals surface area contributed by atoms with E-state index >= 15 is 14.0 Å². The van der Waals surface area contributed by atoms with Crippen LogP contribution in [0.2, 0.25) is 0 Å². The fourth-order valence-corrected chi connectivity index (χ4v) is 14.1. The summed E-state index contributed by atoms with van der Waals surface area (Å²) in [5.41, 5.74) is -2.50. The molecule has 318 valence electrons. The van der Waals surface area contributed by atoms with E-state index in [9.17, 15) is 32.3 Å². The summed E-state index contributed by atoms with van der Waals surface area (Å²) in [6.07, 6.45) is 2.68. The lowest BCUT2D eigenvalue weighted by Gasteiger charge is -2.27. The van der Waals surface area contributed by atoms with Crippen LogP contribution in [0.1, 0.15) is 63.9 Å². The number of allylic oxidation sites excluding steroid dienone is 2. The van der Waals surface area contributed by atoms with Crippen molar-refractivity contribution in [2.24, 2.45) is 0 Å². The molecule has 8 aromatic rings. The molecule has 65 heavy (non-hydrogen) atoms. The van der Waals surface area contributed by atoms with Gasteiger partial charge in [-0.25, -0.2) is 17.6 Å². The van der Waals surface area contributed by atoms with Crippen LogP contribution in [0.25, 0.3) is 51.9 Å². The zero-order chi connectivity index (χ0) is 45.1. The molecule has 16 heteroatoms. The van der Waals surface area contributed by atoms with Crippen LogP contribution in [0.4, 0.5) is 17.6 Å². The second kappa shape index (κ2) is 15.1. The van der Waals surface area contributed by atoms with Crippen LogP contribution in [0.3, 0.4) is 0 Å². The number of thiophene rings is 4. The Balaban J connectivity index is 1.11. The number of Topliss-reactive ketones (excluding diaryl/α,β-unsaturated/α-hetero) is 4. The lowest BCUT2D eigenvalue weighted by molar-refractivity contribution is -0.164. The largest absolute Gasteiger partial charge is 0.459 e. The van der Waals surface area contributed by atoms with Crippen LogP contribution < -0.4 is 0 Å². The van der Waals surface area contributed by atoms with Gasteiger partial charge in [-0.15, -0.1) is 45.3 Å². The number of carbonyl (C=O) groups excluding carboxylic acids is 6. The van der Waals surface area contributed by atoms with Crippen molar-refractivity contribution in [1.29, 1.82) is 0 Å². The summed E-state index contributed by atoms with van der Waals surface area (Å²) in [6.45, 7) is -0.459. The molecule has 0 saturated heterocycles. The predicted molar refractivity (Wildman–Crippen MR) is 239 cm³/mol. The first kappa shape index (κ1) is 40.8. The lowest BCUT2D eigenvalue weighted by Crippen LogP contribution is -2.45. The molecule has 0 atom stereocenters. The standard InChI is InChI=1S/C49H22F4O8S4/c50-23-11-27-28(39(54)42(57)36(27)32(53)14-23)15-25-17-33-43(62-25)37-45(64-33)46-38(44-34(65-46)18-26(63-44)16-30-35-29(40(55)41(30)56)12-24(51)13-31(35)52)49(37,47(58)60-19-21-7-3-1-4-8-21)48(59)61-20-22-9-5-2-6-10-22/h1-18H,19-20H2/b28-15-,30-16-. The highest BCUT2D eigenvalue weighted by Crippen LogP contribution is 2.63. The van der Waals surface area contributed by atoms with Gasteiger partial charge >= 0.3 is 11.9 Å². The summed E-state index contributed by atoms with van der Waals surface area (Å²) >= 11 is 4.67. The van der Waals surface area contributed by atoms with Crippen molar-refractivity contribution >= 4 is 123 Å². The number of esters is 2. The minimum Gasteiger partial charge on any atom is -0.459 e. The number of carbonyl (C=O) groups is 6. The van der Waals surface area contributed by atoms with Gasteiger partial charge in [-0.2, -0.15) is 0 Å². The predicted octanol–water partition coefficient (Wildman–Crippen LogP) is 11.2. The highest BCUT2D eigenvalue weighted by molar-refractivity contribution is 7.35. The molecule has 4 heterocycles. The van der Waals surface area contributed by atoms with E-state index in [1.807, 2.05) is 0 Å². The van der Waals surface area contributed by atoms with Gasteiger partial charge in [-0.05, 0) is 47.5 Å². The Bertz CT molecular complexity index is 3500. The number of hydrogen-bond donors (Lipinski definition) is 0. The molecule has 11 rings (SSSR count). The van der Waals surface area contributed by atoms with Gasteiger partial charge in [0.25, 0.3) is 0 Å². The number of hydrogen-bond acceptors (Lipinski definition) is 12. The number of halogens is 4. The number of ketones is 4. The van der Waals surface area contributed by atoms with Crippen molar-refractivity contribution in [2.75, 3.05) is 0 Å². The highest BCUT2D eigenvalue weighted by atomic mass is 32.1. The second-order valence-electron chi connectivity index (χ2n) is 15.2. The van der Waals surface area contributed by atoms with Crippen molar-refractivity contribution in [3.05, 3.63) is 175 Å². The second-order valence-corrected chi connectivity index (χ2v) is 19.5. The summed E-state index contributed by atoms with van der Waals surface area (Å²) in [6, 6.07) is 23.9. The molecule has 0 amide bonds. The van der Waals surface area contributed by atoms with E-state index in [0.29, 0.717) is 61.6 Å². The van der Waals surface area contributed by atoms with Crippen LogP contribution >= 0.6 is 45.3 Å². The third kappa shape index (κ3) is 6.19. The smallest absolute Gasteiger partial charge is 0.333 e. The van der Waals surface area contributed by atoms with Crippen LogP contribution in [0.15, 0.2) is 97.1 Å². The number of fused-ring (bicyclic) bond motifs is 9. The van der Waals surface area contributed by atoms with Gasteiger partial charge < -0.3 is 9.47 Å². The quantitative estimate of drug-likeness (QED) is 0.0485. The van der Waals surface area contributed by atoms with Crippen LogP contribution in [0, 0.1) is 23.3 Å². The fraction of sp³-hybridized carbons (Fsp3) is 0.0612. The molecule has 4 aromatic carbocycles. The maximum absolute atomic E-state index is 15.3. The molecule has 0 radical (unpaired) electrons. The molecule has 0 saturated carbocycles. The Morgan fingerprint density at radius 3 is 1.51 bits per heavy atom. The molecule has 0 fully saturated rings. The van der Waals surface area contributed by atoms with Crippen molar-refractivity contribution in [2.45, 2.75) is 18.6 Å². The number of rotatable bonds is 8. The van der Waals surface area contributed by atoms with E-state index in [1.54, 1.807) is 72.8 Å². The normalized spacial score (nSPS) is 15.9. The fourth-order valence-electron chi connectivity index (χ4n) is 8.56. The van der Waals surface area contributed by atoms with E-state index in [-0.39, 0.29) is 46.6 Å². The van der Waals surface area contributed by atoms with Crippen LogP contribution in [-0.2, 0) is 47.3 Å². The first-order valence-electron chi connectivity index (χ1n) is 19.5. The van der Waals surface area contributed by atoms with Gasteiger partial charge in [-0.1, -0.05) is 60.7 Å². The third-order valence-corrected chi connectivity index (χ3v) is 16.3. The van der Waals surface area contributed by atoms with Gasteiger partial charge in [0, 0.05) is 70.3 Å². The summed E-state index contributed by atoms with van der Waals surface area (Å²) in [4.78, 5) is 84.6. The van der Waals surface area contributed by atoms with E-state index in [2.05, 4.69) is 0 Å². The highest BCUT2D eigenvalue weighted by Gasteiger charge is 2.62. The molecule has 0 N–H and O–H groups in total. The minimum atomic E-state index is -2.29. The first-order chi connectivity index (χ1) is 31.3. The summed E-state index contributed by atoms with van der Waals surface area (Å²) in [5.74, 6) is -10.4. The molecule has 4 aromatic heterocycles. The van der Waals surface area contributed by atoms with Crippen molar-refractivity contribution < 1.29 is 55.8 Å². The molecule has 0 spiro atoms. The topological polar surface area (TPSA) is 121 Å². The summed E-state index contributed by atoms with van der Waals surface area (Å²) < 4.78 is 72.8. The summed E-state index contributed by atoms with van der Waals surface area (Å²) in [5, 5.41) is 0. The van der Waals surface area contributed by atoms with Gasteiger partial charge in [0.15, 0.2) is 0 Å². The Morgan fingerprint density at radius 1 is 0.523 bits per heavy atom. The maximum atomic E-state index is 15.3. The molecular formula is C49H22F4O8S4. The molecule has 8 nitrogen and oxygen atoms in total. The Labute approximate surface area is 379 Å². The van der Waals surface area contributed by atoms with E-state index < -0.39 is 74.9 Å². The van der Waals surface area contributed by atoms with E-state index in [4.69, 9.17) is 9.47 Å². The van der Waals surface area contributed by atoms with E-state index in [1.165, 1.54) is 34.8 Å². The molecular weight excluding hydrogens is 921 g/mol. The van der Waals surface area contributed by atoms with Gasteiger partial charge in [0.1, 0.15) is 36.5 Å². The van der Waals surface area contributed by atoms with E-state index in [0.717, 1.165) is 34.8 Å². The average Bonchev–Trinajstić information content (AvgIpc) is 4.14. The molecule has 0 unspecified atom stereocenters. The van der Waals surface area contributed by atoms with Crippen LogP contribution in [-0.4, -0.2) is 35.1 Å². The number of benzene rings is 4. The Hall–Kier alpha value is -6.98. The monoisotopic (exact) mass is 942 g/mol. The van der Waals surface area contributed by atoms with Crippen molar-refractivity contribution in [3.8, 4) is 9.75 Å². The molecule has 0 aliphatic heterocycles. The third-order valence-electron chi connectivity index (χ3n) is 11.4. The molecule has 0 bridgehead atoms. The van der Waals surface area contributed by atoms with Gasteiger partial charge in [0.2, 0.25) is 28.5 Å². The number of ether oxygens (including phenoxy) is 2. The van der Waals surface area contributed by atoms with Crippen molar-refractivity contribution in [1.82, 2.24) is 0 Å². The van der Waals surface area contributed by atoms with Gasteiger partial charge in [-0.3, -0.25) is 28.8 Å². The zero-order valence-electron chi connectivity index (χ0n) is 32.7. The average molecular weight is 943 g/mol. The Morgan fingerprint density at radius 2 is 0.985 bits per heavy atom. The first-order valence-corrected chi connectivity index (χ1v) is 22.8. The lowest BCUT2D eigenvalue weighted by atomic mass is 9.79. The minimum absolute atomic E-state index is 0.196. The Kier molecular flexibility index (Phi) is 9.44. The SMILES string of the molecule is O=C1C(=O)c2c(F)cc(F)cc2/C1=C/c1cc2sc3c(c2s1)C(C(=O)OCc1ccccc1)(C(=O)OCc1ccccc1)c1c-3sc2cc(/C=C3\C(=O)C(=O)c4cc(F)cc(F)c43)sc12. The molecule has 3 aliphatic carbocycles. The van der Waals surface area contributed by atoms with Crippen LogP contribution in [0.5, 0.6) is 0 Å². The van der Waals surface area contributed by atoms with Gasteiger partial charge in [0.05, 0.1) is 24.7 Å². The zero-order valence-corrected chi connectivity index (χ0v) is 36.0.